The molecule has 2 aromatic heterocycles. The minimum Gasteiger partial charge on any atom is -0.508 e. The number of aromatic hydroxyl groups is 1. The van der Waals surface area contributed by atoms with E-state index in [0.717, 1.165) is 51.6 Å². The Labute approximate surface area is 253 Å². The Kier molecular flexibility index (Phi) is 6.38. The quantitative estimate of drug-likeness (QED) is 0.286. The van der Waals surface area contributed by atoms with E-state index in [1.165, 1.54) is 24.3 Å². The lowest BCUT2D eigenvalue weighted by Gasteiger charge is -2.36. The molecule has 1 N–H and O–H groups in total. The third kappa shape index (κ3) is 4.20. The largest absolute Gasteiger partial charge is 0.508 e. The van der Waals surface area contributed by atoms with E-state index >= 15 is 4.39 Å². The molecule has 8 rings (SSSR count). The molecule has 0 aliphatic carbocycles. The molecule has 2 aromatic carbocycles. The molecule has 0 unspecified atom stereocenters. The monoisotopic (exact) mass is 599 g/mol. The van der Waals surface area contributed by atoms with Crippen LogP contribution in [-0.2, 0) is 6.42 Å². The summed E-state index contributed by atoms with van der Waals surface area (Å²) in [6.07, 6.45) is 11.5. The number of nitrogens with zero attached hydrogens (tertiary/aromatic N) is 5. The second-order valence-corrected chi connectivity index (χ2v) is 12.7. The number of benzene rings is 2. The Hall–Kier alpha value is -4.10. The molecule has 4 aliphatic rings. The number of phenols is 1. The lowest BCUT2D eigenvalue weighted by atomic mass is 9.95. The first-order valence-electron chi connectivity index (χ1n) is 15.5. The van der Waals surface area contributed by atoms with Crippen molar-refractivity contribution in [2.75, 3.05) is 31.1 Å². The number of aromatic nitrogens is 3. The molecule has 0 bridgehead atoms. The maximum Gasteiger partial charge on any atom is 0.319 e. The fourth-order valence-electron chi connectivity index (χ4n) is 8.12. The fourth-order valence-corrected chi connectivity index (χ4v) is 8.12. The van der Waals surface area contributed by atoms with Gasteiger partial charge in [0.05, 0.1) is 22.2 Å². The maximum absolute atomic E-state index is 16.9. The molecule has 6 heterocycles. The van der Waals surface area contributed by atoms with Crippen molar-refractivity contribution in [3.8, 4) is 35.4 Å². The van der Waals surface area contributed by atoms with Gasteiger partial charge in [-0.1, -0.05) is 12.0 Å². The predicted molar refractivity (Wildman–Crippen MR) is 162 cm³/mol. The van der Waals surface area contributed by atoms with E-state index in [-0.39, 0.29) is 46.7 Å². The van der Waals surface area contributed by atoms with Crippen molar-refractivity contribution in [2.24, 2.45) is 0 Å². The van der Waals surface area contributed by atoms with Crippen LogP contribution in [0.4, 0.5) is 19.0 Å². The van der Waals surface area contributed by atoms with E-state index in [9.17, 15) is 13.9 Å². The van der Waals surface area contributed by atoms with Crippen LogP contribution >= 0.6 is 0 Å². The second-order valence-electron chi connectivity index (χ2n) is 12.7. The van der Waals surface area contributed by atoms with Crippen molar-refractivity contribution in [2.45, 2.75) is 69.1 Å². The number of pyridine rings is 1. The van der Waals surface area contributed by atoms with Crippen LogP contribution in [0.1, 0.15) is 56.2 Å². The van der Waals surface area contributed by atoms with Gasteiger partial charge in [0, 0.05) is 36.5 Å². The van der Waals surface area contributed by atoms with Crippen molar-refractivity contribution in [3.05, 3.63) is 47.2 Å². The van der Waals surface area contributed by atoms with Gasteiger partial charge in [-0.05, 0) is 75.1 Å². The summed E-state index contributed by atoms with van der Waals surface area (Å²) in [5.74, 6) is 1.54. The van der Waals surface area contributed by atoms with E-state index in [0.29, 0.717) is 47.1 Å². The highest BCUT2D eigenvalue weighted by Gasteiger charge is 2.49. The lowest BCUT2D eigenvalue weighted by molar-refractivity contribution is 0.107. The van der Waals surface area contributed by atoms with Crippen molar-refractivity contribution in [1.29, 1.82) is 0 Å². The van der Waals surface area contributed by atoms with Gasteiger partial charge in [-0.2, -0.15) is 9.97 Å². The molecule has 4 aliphatic heterocycles. The SMILES string of the molecule is C#Cc1c(F)ccc2cc(O)cc(-c3nc4c5c(nc(OC[C@@]67CCCN6C[C@H](F)C7)nc5c3F)N3CCCC[C@@H]3CC4)c12. The third-order valence-electron chi connectivity index (χ3n) is 10.1. The van der Waals surface area contributed by atoms with Gasteiger partial charge in [0.2, 0.25) is 0 Å². The summed E-state index contributed by atoms with van der Waals surface area (Å²) in [4.78, 5) is 18.7. The van der Waals surface area contributed by atoms with E-state index in [2.05, 4.69) is 20.7 Å². The number of aryl methyl sites for hydroxylation is 1. The summed E-state index contributed by atoms with van der Waals surface area (Å²) in [6.45, 7) is 2.22. The van der Waals surface area contributed by atoms with Gasteiger partial charge in [0.25, 0.3) is 0 Å². The van der Waals surface area contributed by atoms with Crippen molar-refractivity contribution in [3.63, 3.8) is 0 Å². The minimum atomic E-state index is -0.904. The molecule has 226 valence electrons. The highest BCUT2D eigenvalue weighted by Crippen LogP contribution is 2.44. The molecule has 3 atom stereocenters. The number of terminal acetylenes is 1. The number of fused-ring (bicyclic) bond motifs is 4. The standard InChI is InChI=1S/C34H32F3N5O2/c1-2-23-25(36)9-7-19-14-22(43)15-24(27(19)23)30-29(37)31-28-26(38-30)10-8-21-6-3-4-13-42(21)32(28)40-33(39-31)44-18-34-11-5-12-41(34)17-20(35)16-34/h1,7,9,14-15,20-21,43H,3-6,8,10-13,16-18H2/t20-,21-,34+/m1/s1. The van der Waals surface area contributed by atoms with Crippen LogP contribution in [0.15, 0.2) is 24.3 Å². The molecule has 3 fully saturated rings. The molecule has 0 amide bonds. The Morgan fingerprint density at radius 3 is 2.82 bits per heavy atom. The van der Waals surface area contributed by atoms with Gasteiger partial charge in [0.15, 0.2) is 5.82 Å². The lowest BCUT2D eigenvalue weighted by Crippen LogP contribution is -2.43. The molecular formula is C34H32F3N5O2. The van der Waals surface area contributed by atoms with Gasteiger partial charge >= 0.3 is 6.01 Å². The number of hydrogen-bond acceptors (Lipinski definition) is 7. The Morgan fingerprint density at radius 1 is 1.07 bits per heavy atom. The summed E-state index contributed by atoms with van der Waals surface area (Å²) < 4.78 is 52.5. The van der Waals surface area contributed by atoms with Crippen LogP contribution in [0.2, 0.25) is 0 Å². The van der Waals surface area contributed by atoms with E-state index in [1.807, 2.05) is 0 Å². The Balaban J connectivity index is 1.33. The zero-order valence-corrected chi connectivity index (χ0v) is 24.3. The highest BCUT2D eigenvalue weighted by atomic mass is 19.1. The Morgan fingerprint density at radius 2 is 1.95 bits per heavy atom. The molecule has 0 radical (unpaired) electrons. The van der Waals surface area contributed by atoms with Gasteiger partial charge in [0.1, 0.15) is 41.4 Å². The average Bonchev–Trinajstić information content (AvgIpc) is 3.49. The number of ether oxygens (including phenoxy) is 1. The summed E-state index contributed by atoms with van der Waals surface area (Å²) >= 11 is 0. The number of rotatable bonds is 4. The molecule has 10 heteroatoms. The van der Waals surface area contributed by atoms with E-state index in [1.54, 1.807) is 0 Å². The summed E-state index contributed by atoms with van der Waals surface area (Å²) in [5, 5.41) is 11.9. The molecule has 44 heavy (non-hydrogen) atoms. The number of alkyl halides is 1. The fraction of sp³-hybridized carbons (Fsp3) is 0.441. The molecule has 3 saturated heterocycles. The first kappa shape index (κ1) is 27.4. The first-order valence-corrected chi connectivity index (χ1v) is 15.5. The van der Waals surface area contributed by atoms with Gasteiger partial charge in [-0.3, -0.25) is 4.90 Å². The Bertz CT molecular complexity index is 1880. The summed E-state index contributed by atoms with van der Waals surface area (Å²) in [6, 6.07) is 5.83. The molecule has 4 aromatic rings. The number of phenolic OH excluding ortho intramolecular Hbond substituents is 1. The van der Waals surface area contributed by atoms with Gasteiger partial charge < -0.3 is 14.7 Å². The third-order valence-corrected chi connectivity index (χ3v) is 10.1. The highest BCUT2D eigenvalue weighted by molar-refractivity contribution is 6.03. The van der Waals surface area contributed by atoms with Crippen LogP contribution in [0, 0.1) is 24.0 Å². The zero-order chi connectivity index (χ0) is 30.2. The zero-order valence-electron chi connectivity index (χ0n) is 24.3. The normalized spacial score (nSPS) is 24.7. The van der Waals surface area contributed by atoms with Crippen LogP contribution < -0.4 is 9.64 Å². The number of hydrogen-bond donors (Lipinski definition) is 1. The predicted octanol–water partition coefficient (Wildman–Crippen LogP) is 6.07. The summed E-state index contributed by atoms with van der Waals surface area (Å²) in [5.41, 5.74) is 0.372. The molecule has 0 saturated carbocycles. The van der Waals surface area contributed by atoms with Crippen LogP contribution in [0.5, 0.6) is 11.8 Å². The number of halogens is 3. The van der Waals surface area contributed by atoms with Crippen LogP contribution in [0.3, 0.4) is 0 Å². The van der Waals surface area contributed by atoms with Crippen molar-refractivity contribution in [1.82, 2.24) is 19.9 Å². The average molecular weight is 600 g/mol. The van der Waals surface area contributed by atoms with Crippen molar-refractivity contribution < 1.29 is 23.0 Å². The number of anilines is 1. The first-order chi connectivity index (χ1) is 21.3. The topological polar surface area (TPSA) is 74.6 Å². The van der Waals surface area contributed by atoms with E-state index < -0.39 is 23.3 Å². The van der Waals surface area contributed by atoms with E-state index in [4.69, 9.17) is 21.1 Å². The van der Waals surface area contributed by atoms with Crippen molar-refractivity contribution >= 4 is 27.5 Å². The molecule has 0 spiro atoms. The van der Waals surface area contributed by atoms with Crippen LogP contribution in [-0.4, -0.2) is 69.0 Å². The maximum atomic E-state index is 16.9. The van der Waals surface area contributed by atoms with Gasteiger partial charge in [-0.25, -0.2) is 18.2 Å². The number of piperidine rings is 1. The molecule has 7 nitrogen and oxygen atoms in total. The van der Waals surface area contributed by atoms with Crippen LogP contribution in [0.25, 0.3) is 32.9 Å². The second kappa shape index (κ2) is 10.2. The smallest absolute Gasteiger partial charge is 0.319 e. The summed E-state index contributed by atoms with van der Waals surface area (Å²) in [7, 11) is 0. The minimum absolute atomic E-state index is 0.0303. The molecular weight excluding hydrogens is 567 g/mol. The van der Waals surface area contributed by atoms with Gasteiger partial charge in [-0.15, -0.1) is 6.42 Å².